The molecule has 4 rings (SSSR count). The Hall–Kier alpha value is -2.17. The first-order chi connectivity index (χ1) is 11.2. The van der Waals surface area contributed by atoms with Crippen LogP contribution in [0.1, 0.15) is 23.0 Å². The fourth-order valence-corrected chi connectivity index (χ4v) is 3.51. The van der Waals surface area contributed by atoms with Crippen molar-refractivity contribution in [3.05, 3.63) is 64.6 Å². The van der Waals surface area contributed by atoms with Gasteiger partial charge in [0.2, 0.25) is 0 Å². The van der Waals surface area contributed by atoms with E-state index in [1.165, 1.54) is 11.1 Å². The molecular formula is C18H16ClN3O. The molecule has 23 heavy (non-hydrogen) atoms. The summed E-state index contributed by atoms with van der Waals surface area (Å²) >= 11 is 6.42. The highest BCUT2D eigenvalue weighted by Gasteiger charge is 2.31. The molecule has 0 aliphatic carbocycles. The molecule has 5 heteroatoms. The standard InChI is InChI=1S/C18H16ClN3O/c1-22-10-11-6-3-4-7-12(11)16(22)18-20-15-13(17(19)21-18)8-5-9-14(15)23-2/h3-9,16H,10H2,1-2H3. The average Bonchev–Trinajstić information content (AvgIpc) is 2.90. The summed E-state index contributed by atoms with van der Waals surface area (Å²) in [5.74, 6) is 1.42. The van der Waals surface area contributed by atoms with Crippen LogP contribution in [0.5, 0.6) is 5.75 Å². The molecule has 0 N–H and O–H groups in total. The van der Waals surface area contributed by atoms with Gasteiger partial charge in [-0.15, -0.1) is 0 Å². The van der Waals surface area contributed by atoms with Crippen molar-refractivity contribution in [2.24, 2.45) is 0 Å². The molecule has 0 saturated heterocycles. The Kier molecular flexibility index (Phi) is 3.43. The molecule has 3 aromatic rings. The molecule has 2 heterocycles. The Morgan fingerprint density at radius 1 is 1.13 bits per heavy atom. The lowest BCUT2D eigenvalue weighted by Crippen LogP contribution is -2.20. The zero-order valence-corrected chi connectivity index (χ0v) is 13.7. The third-order valence-corrected chi connectivity index (χ3v) is 4.62. The summed E-state index contributed by atoms with van der Waals surface area (Å²) in [6.45, 7) is 0.881. The fraction of sp³-hybridized carbons (Fsp3) is 0.222. The first-order valence-electron chi connectivity index (χ1n) is 7.47. The molecule has 0 bridgehead atoms. The minimum absolute atomic E-state index is 0.0120. The van der Waals surface area contributed by atoms with Crippen molar-refractivity contribution in [3.8, 4) is 5.75 Å². The number of hydrogen-bond donors (Lipinski definition) is 0. The number of aromatic nitrogens is 2. The van der Waals surface area contributed by atoms with Gasteiger partial charge < -0.3 is 4.74 Å². The second-order valence-electron chi connectivity index (χ2n) is 5.75. The molecule has 0 fully saturated rings. The SMILES string of the molecule is COc1cccc2c(Cl)nc(C3c4ccccc4CN3C)nc12. The van der Waals surface area contributed by atoms with Crippen molar-refractivity contribution in [1.29, 1.82) is 0 Å². The van der Waals surface area contributed by atoms with Crippen molar-refractivity contribution < 1.29 is 4.74 Å². The summed E-state index contributed by atoms with van der Waals surface area (Å²) in [5.41, 5.74) is 3.29. The summed E-state index contributed by atoms with van der Waals surface area (Å²) in [5, 5.41) is 1.27. The summed E-state index contributed by atoms with van der Waals surface area (Å²) in [6.07, 6.45) is 0. The van der Waals surface area contributed by atoms with Gasteiger partial charge in [-0.2, -0.15) is 0 Å². The van der Waals surface area contributed by atoms with Crippen molar-refractivity contribution >= 4 is 22.5 Å². The van der Waals surface area contributed by atoms with E-state index in [1.807, 2.05) is 24.3 Å². The highest BCUT2D eigenvalue weighted by molar-refractivity contribution is 6.34. The maximum atomic E-state index is 6.42. The van der Waals surface area contributed by atoms with E-state index in [1.54, 1.807) is 7.11 Å². The molecule has 0 saturated carbocycles. The summed E-state index contributed by atoms with van der Waals surface area (Å²) in [6, 6.07) is 14.1. The molecule has 0 spiro atoms. The predicted octanol–water partition coefficient (Wildman–Crippen LogP) is 3.83. The number of fused-ring (bicyclic) bond motifs is 2. The number of ether oxygens (including phenoxy) is 1. The lowest BCUT2D eigenvalue weighted by molar-refractivity contribution is 0.294. The fourth-order valence-electron chi connectivity index (χ4n) is 3.27. The van der Waals surface area contributed by atoms with E-state index >= 15 is 0 Å². The molecule has 116 valence electrons. The molecule has 1 atom stereocenters. The molecule has 0 amide bonds. The number of rotatable bonds is 2. The van der Waals surface area contributed by atoms with Crippen LogP contribution in [-0.2, 0) is 6.54 Å². The van der Waals surface area contributed by atoms with Gasteiger partial charge in [0.25, 0.3) is 0 Å². The number of hydrogen-bond acceptors (Lipinski definition) is 4. The summed E-state index contributed by atoms with van der Waals surface area (Å²) < 4.78 is 5.43. The minimum atomic E-state index is 0.0120. The number of para-hydroxylation sites is 1. The quantitative estimate of drug-likeness (QED) is 0.671. The third-order valence-electron chi connectivity index (χ3n) is 4.34. The Bertz CT molecular complexity index is 897. The number of halogens is 1. The lowest BCUT2D eigenvalue weighted by Gasteiger charge is -2.20. The van der Waals surface area contributed by atoms with E-state index in [0.29, 0.717) is 16.7 Å². The van der Waals surface area contributed by atoms with Gasteiger partial charge in [-0.25, -0.2) is 9.97 Å². The van der Waals surface area contributed by atoms with Crippen LogP contribution in [0.3, 0.4) is 0 Å². The highest BCUT2D eigenvalue weighted by Crippen LogP contribution is 2.37. The van der Waals surface area contributed by atoms with E-state index in [2.05, 4.69) is 35.1 Å². The Morgan fingerprint density at radius 2 is 1.96 bits per heavy atom. The lowest BCUT2D eigenvalue weighted by atomic mass is 10.0. The van der Waals surface area contributed by atoms with Gasteiger partial charge in [0.1, 0.15) is 16.4 Å². The van der Waals surface area contributed by atoms with Crippen LogP contribution >= 0.6 is 11.6 Å². The largest absolute Gasteiger partial charge is 0.494 e. The third kappa shape index (κ3) is 2.26. The predicted molar refractivity (Wildman–Crippen MR) is 90.9 cm³/mol. The molecule has 4 nitrogen and oxygen atoms in total. The zero-order chi connectivity index (χ0) is 16.0. The van der Waals surface area contributed by atoms with E-state index in [0.717, 1.165) is 17.4 Å². The van der Waals surface area contributed by atoms with E-state index in [-0.39, 0.29) is 6.04 Å². The van der Waals surface area contributed by atoms with Crippen LogP contribution in [-0.4, -0.2) is 29.0 Å². The van der Waals surface area contributed by atoms with Crippen LogP contribution in [0.4, 0.5) is 0 Å². The zero-order valence-electron chi connectivity index (χ0n) is 13.0. The van der Waals surface area contributed by atoms with Crippen LogP contribution in [0.15, 0.2) is 42.5 Å². The smallest absolute Gasteiger partial charge is 0.152 e. The first-order valence-corrected chi connectivity index (χ1v) is 7.85. The van der Waals surface area contributed by atoms with Crippen molar-refractivity contribution in [2.75, 3.05) is 14.2 Å². The van der Waals surface area contributed by atoms with Gasteiger partial charge >= 0.3 is 0 Å². The number of methoxy groups -OCH3 is 1. The monoisotopic (exact) mass is 325 g/mol. The van der Waals surface area contributed by atoms with Crippen LogP contribution < -0.4 is 4.74 Å². The van der Waals surface area contributed by atoms with Gasteiger partial charge in [-0.3, -0.25) is 4.90 Å². The second-order valence-corrected chi connectivity index (χ2v) is 6.10. The molecule has 1 aliphatic heterocycles. The highest BCUT2D eigenvalue weighted by atomic mass is 35.5. The topological polar surface area (TPSA) is 38.2 Å². The average molecular weight is 326 g/mol. The van der Waals surface area contributed by atoms with Crippen molar-refractivity contribution in [1.82, 2.24) is 14.9 Å². The van der Waals surface area contributed by atoms with E-state index < -0.39 is 0 Å². The number of benzene rings is 2. The first kappa shape index (κ1) is 14.4. The summed E-state index contributed by atoms with van der Waals surface area (Å²) in [7, 11) is 3.72. The van der Waals surface area contributed by atoms with Gasteiger partial charge in [-0.05, 0) is 30.3 Å². The van der Waals surface area contributed by atoms with Crippen LogP contribution in [0, 0.1) is 0 Å². The maximum absolute atomic E-state index is 6.42. The Balaban J connectivity index is 1.93. The summed E-state index contributed by atoms with van der Waals surface area (Å²) in [4.78, 5) is 11.6. The van der Waals surface area contributed by atoms with Gasteiger partial charge in [0.15, 0.2) is 5.82 Å². The minimum Gasteiger partial charge on any atom is -0.494 e. The van der Waals surface area contributed by atoms with Crippen molar-refractivity contribution in [2.45, 2.75) is 12.6 Å². The molecule has 2 aromatic carbocycles. The van der Waals surface area contributed by atoms with E-state index in [9.17, 15) is 0 Å². The molecule has 1 aliphatic rings. The Labute approximate surface area is 139 Å². The Morgan fingerprint density at radius 3 is 2.78 bits per heavy atom. The van der Waals surface area contributed by atoms with Crippen molar-refractivity contribution in [3.63, 3.8) is 0 Å². The molecule has 1 unspecified atom stereocenters. The second kappa shape index (κ2) is 5.48. The molecule has 1 aromatic heterocycles. The van der Waals surface area contributed by atoms with E-state index in [4.69, 9.17) is 21.3 Å². The normalized spacial score (nSPS) is 17.4. The van der Waals surface area contributed by atoms with Crippen LogP contribution in [0.25, 0.3) is 10.9 Å². The molecular weight excluding hydrogens is 310 g/mol. The van der Waals surface area contributed by atoms with Gasteiger partial charge in [0, 0.05) is 11.9 Å². The number of nitrogens with zero attached hydrogens (tertiary/aromatic N) is 3. The van der Waals surface area contributed by atoms with Gasteiger partial charge in [0.05, 0.1) is 13.2 Å². The molecule has 0 radical (unpaired) electrons. The van der Waals surface area contributed by atoms with Crippen LogP contribution in [0.2, 0.25) is 5.15 Å². The maximum Gasteiger partial charge on any atom is 0.152 e. The van der Waals surface area contributed by atoms with Gasteiger partial charge in [-0.1, -0.05) is 41.9 Å².